The van der Waals surface area contributed by atoms with Gasteiger partial charge in [-0.2, -0.15) is 4.98 Å². The molecule has 20 heavy (non-hydrogen) atoms. The quantitative estimate of drug-likeness (QED) is 0.805. The van der Waals surface area contributed by atoms with E-state index in [1.807, 2.05) is 24.3 Å². The van der Waals surface area contributed by atoms with Gasteiger partial charge in [0.15, 0.2) is 0 Å². The second-order valence-corrected chi connectivity index (χ2v) is 5.92. The van der Waals surface area contributed by atoms with E-state index in [9.17, 15) is 4.79 Å². The Labute approximate surface area is 128 Å². The Morgan fingerprint density at radius 1 is 1.40 bits per heavy atom. The molecule has 0 aliphatic carbocycles. The summed E-state index contributed by atoms with van der Waals surface area (Å²) in [5.74, 6) is 1.06. The smallest absolute Gasteiger partial charge is 0.407 e. The number of carbonyl (C=O) groups is 1. The third kappa shape index (κ3) is 2.62. The van der Waals surface area contributed by atoms with Crippen LogP contribution in [0.4, 0.5) is 4.79 Å². The summed E-state index contributed by atoms with van der Waals surface area (Å²) in [6.45, 7) is 0.935. The van der Waals surface area contributed by atoms with Gasteiger partial charge in [0.25, 0.3) is 0 Å². The first-order chi connectivity index (χ1) is 9.63. The number of rotatable bonds is 2. The Bertz CT molecular complexity index is 626. The van der Waals surface area contributed by atoms with E-state index in [0.717, 1.165) is 15.6 Å². The van der Waals surface area contributed by atoms with Crippen LogP contribution < -0.4 is 0 Å². The maximum atomic E-state index is 10.9. The van der Waals surface area contributed by atoms with Gasteiger partial charge in [-0.1, -0.05) is 17.3 Å². The minimum absolute atomic E-state index is 0.00352. The first-order valence-corrected chi connectivity index (χ1v) is 7.29. The number of hydrogen-bond donors (Lipinski definition) is 1. The van der Waals surface area contributed by atoms with Crippen LogP contribution in [0.5, 0.6) is 0 Å². The number of benzene rings is 1. The highest BCUT2D eigenvalue weighted by atomic mass is 127. The molecule has 1 fully saturated rings. The molecule has 0 bridgehead atoms. The second kappa shape index (κ2) is 5.39. The summed E-state index contributed by atoms with van der Waals surface area (Å²) in [4.78, 5) is 16.7. The van der Waals surface area contributed by atoms with Crippen molar-refractivity contribution in [1.82, 2.24) is 15.0 Å². The normalized spacial score (nSPS) is 18.4. The largest absolute Gasteiger partial charge is 0.465 e. The molecule has 2 heterocycles. The average molecular weight is 385 g/mol. The minimum Gasteiger partial charge on any atom is -0.465 e. The molecule has 2 aromatic rings. The van der Waals surface area contributed by atoms with Crippen LogP contribution in [0.2, 0.25) is 0 Å². The van der Waals surface area contributed by atoms with E-state index >= 15 is 0 Å². The fourth-order valence-corrected chi connectivity index (χ4v) is 2.61. The molecule has 7 heteroatoms. The SMILES string of the molecule is O=C(O)N1CC[C@H](c2nc(-c3ccc(I)cc3)no2)C1. The highest BCUT2D eigenvalue weighted by Gasteiger charge is 2.30. The topological polar surface area (TPSA) is 79.5 Å². The van der Waals surface area contributed by atoms with Gasteiger partial charge in [-0.3, -0.25) is 0 Å². The van der Waals surface area contributed by atoms with Crippen LogP contribution in [-0.4, -0.2) is 39.3 Å². The fourth-order valence-electron chi connectivity index (χ4n) is 2.25. The molecular formula is C13H12IN3O3. The Morgan fingerprint density at radius 2 is 2.15 bits per heavy atom. The number of halogens is 1. The lowest BCUT2D eigenvalue weighted by Crippen LogP contribution is -2.26. The summed E-state index contributed by atoms with van der Waals surface area (Å²) in [6.07, 6.45) is -0.175. The van der Waals surface area contributed by atoms with Crippen molar-refractivity contribution in [3.63, 3.8) is 0 Å². The van der Waals surface area contributed by atoms with Crippen molar-refractivity contribution >= 4 is 28.7 Å². The predicted molar refractivity (Wildman–Crippen MR) is 79.4 cm³/mol. The van der Waals surface area contributed by atoms with Crippen LogP contribution in [-0.2, 0) is 0 Å². The highest BCUT2D eigenvalue weighted by Crippen LogP contribution is 2.27. The van der Waals surface area contributed by atoms with Crippen LogP contribution >= 0.6 is 22.6 Å². The summed E-state index contributed by atoms with van der Waals surface area (Å²) in [6, 6.07) is 7.84. The number of nitrogens with zero attached hydrogens (tertiary/aromatic N) is 3. The third-order valence-electron chi connectivity index (χ3n) is 3.35. The van der Waals surface area contributed by atoms with Crippen molar-refractivity contribution in [2.24, 2.45) is 0 Å². The maximum Gasteiger partial charge on any atom is 0.407 e. The zero-order valence-electron chi connectivity index (χ0n) is 10.5. The van der Waals surface area contributed by atoms with Crippen molar-refractivity contribution in [3.8, 4) is 11.4 Å². The van der Waals surface area contributed by atoms with Crippen LogP contribution in [0.15, 0.2) is 28.8 Å². The molecule has 1 aliphatic heterocycles. The summed E-state index contributed by atoms with van der Waals surface area (Å²) in [7, 11) is 0. The molecule has 0 unspecified atom stereocenters. The van der Waals surface area contributed by atoms with Crippen molar-refractivity contribution < 1.29 is 14.4 Å². The molecule has 3 rings (SSSR count). The lowest BCUT2D eigenvalue weighted by Gasteiger charge is -2.09. The number of aromatic nitrogens is 2. The molecule has 1 aliphatic rings. The summed E-state index contributed by atoms with van der Waals surface area (Å²) in [5.41, 5.74) is 0.897. The van der Waals surface area contributed by atoms with Crippen molar-refractivity contribution in [3.05, 3.63) is 33.7 Å². The number of carboxylic acid groups (broad SMARTS) is 1. The van der Waals surface area contributed by atoms with E-state index < -0.39 is 6.09 Å². The first kappa shape index (κ1) is 13.3. The van der Waals surface area contributed by atoms with E-state index in [-0.39, 0.29) is 5.92 Å². The van der Waals surface area contributed by atoms with Crippen LogP contribution in [0, 0.1) is 3.57 Å². The predicted octanol–water partition coefficient (Wildman–Crippen LogP) is 2.81. The van der Waals surface area contributed by atoms with Crippen molar-refractivity contribution in [1.29, 1.82) is 0 Å². The lowest BCUT2D eigenvalue weighted by atomic mass is 10.1. The molecule has 1 aromatic carbocycles. The zero-order chi connectivity index (χ0) is 14.1. The van der Waals surface area contributed by atoms with E-state index in [1.54, 1.807) is 0 Å². The van der Waals surface area contributed by atoms with E-state index in [2.05, 4.69) is 32.7 Å². The Morgan fingerprint density at radius 3 is 2.80 bits per heavy atom. The summed E-state index contributed by atoms with van der Waals surface area (Å²) >= 11 is 2.23. The summed E-state index contributed by atoms with van der Waals surface area (Å²) < 4.78 is 6.42. The minimum atomic E-state index is -0.898. The number of hydrogen-bond acceptors (Lipinski definition) is 4. The van der Waals surface area contributed by atoms with Gasteiger partial charge >= 0.3 is 6.09 Å². The van der Waals surface area contributed by atoms with Gasteiger partial charge in [-0.25, -0.2) is 4.79 Å². The van der Waals surface area contributed by atoms with Gasteiger partial charge in [0.2, 0.25) is 11.7 Å². The average Bonchev–Trinajstić information content (AvgIpc) is 3.08. The molecule has 0 radical (unpaired) electrons. The second-order valence-electron chi connectivity index (χ2n) is 4.68. The molecule has 1 amide bonds. The zero-order valence-corrected chi connectivity index (χ0v) is 12.6. The van der Waals surface area contributed by atoms with Crippen LogP contribution in [0.25, 0.3) is 11.4 Å². The molecule has 0 spiro atoms. The molecule has 0 saturated carbocycles. The van der Waals surface area contributed by atoms with Crippen molar-refractivity contribution in [2.75, 3.05) is 13.1 Å². The van der Waals surface area contributed by atoms with E-state index in [1.165, 1.54) is 4.90 Å². The molecule has 1 atom stereocenters. The molecule has 104 valence electrons. The van der Waals surface area contributed by atoms with Gasteiger partial charge in [-0.15, -0.1) is 0 Å². The lowest BCUT2D eigenvalue weighted by molar-refractivity contribution is 0.154. The Kier molecular flexibility index (Phi) is 3.60. The molecule has 1 saturated heterocycles. The van der Waals surface area contributed by atoms with Crippen LogP contribution in [0.1, 0.15) is 18.2 Å². The third-order valence-corrected chi connectivity index (χ3v) is 4.07. The molecule has 1 aromatic heterocycles. The number of amides is 1. The van der Waals surface area contributed by atoms with Gasteiger partial charge in [0.1, 0.15) is 0 Å². The highest BCUT2D eigenvalue weighted by molar-refractivity contribution is 14.1. The molecule has 6 nitrogen and oxygen atoms in total. The van der Waals surface area contributed by atoms with Gasteiger partial charge in [0.05, 0.1) is 5.92 Å². The number of likely N-dealkylation sites (tertiary alicyclic amines) is 1. The van der Waals surface area contributed by atoms with Crippen molar-refractivity contribution in [2.45, 2.75) is 12.3 Å². The van der Waals surface area contributed by atoms with E-state index in [4.69, 9.17) is 9.63 Å². The monoisotopic (exact) mass is 385 g/mol. The van der Waals surface area contributed by atoms with E-state index in [0.29, 0.717) is 24.8 Å². The van der Waals surface area contributed by atoms with Gasteiger partial charge in [-0.05, 0) is 41.1 Å². The van der Waals surface area contributed by atoms with Gasteiger partial charge < -0.3 is 14.5 Å². The molecular weight excluding hydrogens is 373 g/mol. The fraction of sp³-hybridized carbons (Fsp3) is 0.308. The Hall–Kier alpha value is -1.64. The standard InChI is InChI=1S/C13H12IN3O3/c14-10-3-1-8(2-4-10)11-15-12(20-16-11)9-5-6-17(7-9)13(18)19/h1-4,9H,5-7H2,(H,18,19)/t9-/m0/s1. The van der Waals surface area contributed by atoms with Gasteiger partial charge in [0, 0.05) is 22.2 Å². The Balaban J connectivity index is 1.77. The van der Waals surface area contributed by atoms with Crippen LogP contribution in [0.3, 0.4) is 0 Å². The summed E-state index contributed by atoms with van der Waals surface area (Å²) in [5, 5.41) is 12.9. The maximum absolute atomic E-state index is 10.9. The molecule has 1 N–H and O–H groups in total. The first-order valence-electron chi connectivity index (χ1n) is 6.21.